The first kappa shape index (κ1) is 22.0. The van der Waals surface area contributed by atoms with Crippen LogP contribution in [0.1, 0.15) is 6.42 Å². The van der Waals surface area contributed by atoms with Crippen molar-refractivity contribution < 1.29 is 32.2 Å². The molecule has 4 rings (SSSR count). The van der Waals surface area contributed by atoms with Crippen LogP contribution in [-0.4, -0.2) is 40.9 Å². The van der Waals surface area contributed by atoms with Gasteiger partial charge in [0.2, 0.25) is 5.66 Å². The number of nitrogens with one attached hydrogen (secondary N) is 1. The average Bonchev–Trinajstić information content (AvgIpc) is 2.80. The van der Waals surface area contributed by atoms with Crippen molar-refractivity contribution in [3.8, 4) is 22.6 Å². The zero-order valence-corrected chi connectivity index (χ0v) is 17.2. The van der Waals surface area contributed by atoms with E-state index in [1.165, 1.54) is 12.1 Å². The number of rotatable bonds is 4. The van der Waals surface area contributed by atoms with E-state index in [0.717, 1.165) is 43.2 Å². The third-order valence-corrected chi connectivity index (χ3v) is 5.08. The smallest absolute Gasteiger partial charge is 0.355 e. The Labute approximate surface area is 183 Å². The minimum absolute atomic E-state index is 0.0893. The lowest BCUT2D eigenvalue weighted by atomic mass is 9.99. The van der Waals surface area contributed by atoms with Crippen molar-refractivity contribution in [2.45, 2.75) is 12.1 Å². The number of ether oxygens (including phenoxy) is 2. The summed E-state index contributed by atoms with van der Waals surface area (Å²) in [5.74, 6) is -5.30. The van der Waals surface area contributed by atoms with Crippen LogP contribution in [0.5, 0.6) is 0 Å². The van der Waals surface area contributed by atoms with Gasteiger partial charge in [-0.25, -0.2) is 22.6 Å². The largest absolute Gasteiger partial charge is 0.469 e. The maximum absolute atomic E-state index is 14.0. The van der Waals surface area contributed by atoms with Crippen LogP contribution >= 0.6 is 0 Å². The molecule has 9 nitrogen and oxygen atoms in total. The van der Waals surface area contributed by atoms with E-state index in [9.17, 15) is 27.6 Å². The number of aromatic nitrogens is 3. The van der Waals surface area contributed by atoms with Crippen molar-refractivity contribution in [2.75, 3.05) is 19.5 Å². The predicted molar refractivity (Wildman–Crippen MR) is 107 cm³/mol. The molecule has 170 valence electrons. The molecule has 0 aliphatic carbocycles. The predicted octanol–water partition coefficient (Wildman–Crippen LogP) is 2.20. The first-order valence-electron chi connectivity index (χ1n) is 9.41. The minimum atomic E-state index is -2.16. The highest BCUT2D eigenvalue weighted by Crippen LogP contribution is 2.40. The molecule has 1 aliphatic rings. The summed E-state index contributed by atoms with van der Waals surface area (Å²) in [5, 5.41) is 6.88. The summed E-state index contributed by atoms with van der Waals surface area (Å²) in [5.41, 5.74) is -3.40. The number of benzene rings is 2. The van der Waals surface area contributed by atoms with E-state index in [-0.39, 0.29) is 28.3 Å². The van der Waals surface area contributed by atoms with Gasteiger partial charge in [-0.1, -0.05) is 0 Å². The molecule has 33 heavy (non-hydrogen) atoms. The molecular weight excluding hydrogens is 445 g/mol. The topological polar surface area (TPSA) is 112 Å². The molecule has 2 heterocycles. The number of methoxy groups -OCH3 is 2. The molecule has 0 spiro atoms. The summed E-state index contributed by atoms with van der Waals surface area (Å²) >= 11 is 0. The van der Waals surface area contributed by atoms with Gasteiger partial charge in [-0.2, -0.15) is 10.1 Å². The van der Waals surface area contributed by atoms with Crippen molar-refractivity contribution in [1.29, 1.82) is 0 Å². The number of fused-ring (bicyclic) bond motifs is 3. The maximum Gasteiger partial charge on any atom is 0.355 e. The van der Waals surface area contributed by atoms with Crippen LogP contribution in [0.25, 0.3) is 22.6 Å². The second-order valence-corrected chi connectivity index (χ2v) is 7.05. The van der Waals surface area contributed by atoms with E-state index >= 15 is 0 Å². The molecular formula is C21H15F3N4O5. The highest BCUT2D eigenvalue weighted by atomic mass is 19.2. The van der Waals surface area contributed by atoms with E-state index in [4.69, 9.17) is 4.74 Å². The van der Waals surface area contributed by atoms with Gasteiger partial charge in [0.1, 0.15) is 12.2 Å². The zero-order chi connectivity index (χ0) is 23.9. The van der Waals surface area contributed by atoms with Gasteiger partial charge >= 0.3 is 11.9 Å². The number of carbonyl (C=O) groups is 2. The van der Waals surface area contributed by atoms with Crippen molar-refractivity contribution in [3.05, 3.63) is 64.2 Å². The monoisotopic (exact) mass is 460 g/mol. The Hall–Kier alpha value is -4.22. The fourth-order valence-electron chi connectivity index (χ4n) is 3.51. The van der Waals surface area contributed by atoms with Gasteiger partial charge in [0.15, 0.2) is 23.2 Å². The summed E-state index contributed by atoms with van der Waals surface area (Å²) in [6.07, 6.45) is -0.706. The van der Waals surface area contributed by atoms with Gasteiger partial charge in [-0.3, -0.25) is 9.59 Å². The van der Waals surface area contributed by atoms with Crippen LogP contribution in [0.3, 0.4) is 0 Å². The van der Waals surface area contributed by atoms with Gasteiger partial charge in [0.05, 0.1) is 19.9 Å². The SMILES string of the molecule is COC(=O)C[C@@]1(C(=O)OC)Nc2cc(F)c(F)cc2-c2nc(=O)c(-c3ccc(F)cc3)nn21. The molecule has 1 N–H and O–H groups in total. The third-order valence-electron chi connectivity index (χ3n) is 5.08. The van der Waals surface area contributed by atoms with Crippen LogP contribution in [0.2, 0.25) is 0 Å². The van der Waals surface area contributed by atoms with E-state index in [1.807, 2.05) is 0 Å². The van der Waals surface area contributed by atoms with Gasteiger partial charge in [0.25, 0.3) is 5.56 Å². The summed E-state index contributed by atoms with van der Waals surface area (Å²) in [4.78, 5) is 41.9. The number of nitrogens with zero attached hydrogens (tertiary/aromatic N) is 3. The number of halogens is 3. The Kier molecular flexibility index (Phi) is 5.36. The van der Waals surface area contributed by atoms with Gasteiger partial charge in [-0.05, 0) is 30.3 Å². The average molecular weight is 460 g/mol. The van der Waals surface area contributed by atoms with E-state index in [0.29, 0.717) is 0 Å². The van der Waals surface area contributed by atoms with Crippen LogP contribution in [-0.2, 0) is 24.7 Å². The molecule has 1 atom stereocenters. The van der Waals surface area contributed by atoms with Crippen molar-refractivity contribution in [3.63, 3.8) is 0 Å². The zero-order valence-electron chi connectivity index (χ0n) is 17.2. The van der Waals surface area contributed by atoms with Crippen LogP contribution in [0, 0.1) is 17.5 Å². The van der Waals surface area contributed by atoms with Crippen LogP contribution < -0.4 is 10.9 Å². The van der Waals surface area contributed by atoms with Gasteiger partial charge < -0.3 is 14.8 Å². The molecule has 0 bridgehead atoms. The quantitative estimate of drug-likeness (QED) is 0.590. The summed E-state index contributed by atoms with van der Waals surface area (Å²) < 4.78 is 51.8. The normalized spacial score (nSPS) is 16.3. The fourth-order valence-corrected chi connectivity index (χ4v) is 3.51. The Morgan fingerprint density at radius 2 is 1.73 bits per heavy atom. The summed E-state index contributed by atoms with van der Waals surface area (Å²) in [6, 6.07) is 6.25. The number of hydrogen-bond acceptors (Lipinski definition) is 8. The first-order chi connectivity index (χ1) is 15.7. The lowest BCUT2D eigenvalue weighted by Crippen LogP contribution is -2.55. The minimum Gasteiger partial charge on any atom is -0.469 e. The molecule has 0 saturated carbocycles. The number of carbonyl (C=O) groups excluding carboxylic acids is 2. The van der Waals surface area contributed by atoms with Crippen LogP contribution in [0.15, 0.2) is 41.2 Å². The standard InChI is InChI=1S/C21H15F3N4O5/c1-32-16(29)9-21(20(31)33-2)26-15-8-14(24)13(23)7-12(15)18-25-19(30)17(27-28(18)21)10-3-5-11(22)6-4-10/h3-8,26H,9H2,1-2H3/t21-/m1/s1. The fraction of sp³-hybridized carbons (Fsp3) is 0.190. The lowest BCUT2D eigenvalue weighted by molar-refractivity contribution is -0.157. The van der Waals surface area contributed by atoms with Crippen LogP contribution in [0.4, 0.5) is 18.9 Å². The van der Waals surface area contributed by atoms with Crippen molar-refractivity contribution in [1.82, 2.24) is 14.8 Å². The second kappa shape index (κ2) is 8.04. The van der Waals surface area contributed by atoms with Gasteiger partial charge in [-0.15, -0.1) is 0 Å². The number of anilines is 1. The molecule has 0 radical (unpaired) electrons. The molecule has 3 aromatic rings. The number of hydrogen-bond donors (Lipinski definition) is 1. The summed E-state index contributed by atoms with van der Waals surface area (Å²) in [6.45, 7) is 0. The van der Waals surface area contributed by atoms with Gasteiger partial charge in [0, 0.05) is 17.2 Å². The maximum atomic E-state index is 14.0. The first-order valence-corrected chi connectivity index (χ1v) is 9.41. The second-order valence-electron chi connectivity index (χ2n) is 7.05. The lowest BCUT2D eigenvalue weighted by Gasteiger charge is -2.38. The van der Waals surface area contributed by atoms with E-state index in [2.05, 4.69) is 20.1 Å². The van der Waals surface area contributed by atoms with Crippen molar-refractivity contribution >= 4 is 17.6 Å². The Balaban J connectivity index is 2.07. The van der Waals surface area contributed by atoms with Crippen molar-refractivity contribution in [2.24, 2.45) is 0 Å². The number of esters is 2. The molecule has 0 amide bonds. The van der Waals surface area contributed by atoms with E-state index in [1.54, 1.807) is 0 Å². The van der Waals surface area contributed by atoms with E-state index < -0.39 is 47.0 Å². The molecule has 0 unspecified atom stereocenters. The molecule has 0 fully saturated rings. The molecule has 12 heteroatoms. The third kappa shape index (κ3) is 3.58. The molecule has 1 aliphatic heterocycles. The highest BCUT2D eigenvalue weighted by molar-refractivity contribution is 5.92. The summed E-state index contributed by atoms with van der Waals surface area (Å²) in [7, 11) is 2.13. The molecule has 1 aromatic heterocycles. The highest BCUT2D eigenvalue weighted by Gasteiger charge is 2.50. The Morgan fingerprint density at radius 3 is 2.36 bits per heavy atom. The molecule has 2 aromatic carbocycles. The Morgan fingerprint density at radius 1 is 1.06 bits per heavy atom. The molecule has 0 saturated heterocycles. The Bertz CT molecular complexity index is 1340.